The fourth-order valence-corrected chi connectivity index (χ4v) is 3.97. The van der Waals surface area contributed by atoms with Crippen molar-refractivity contribution in [3.05, 3.63) is 84.1 Å². The van der Waals surface area contributed by atoms with E-state index in [1.165, 1.54) is 0 Å². The highest BCUT2D eigenvalue weighted by atomic mass is 16.5. The van der Waals surface area contributed by atoms with E-state index in [-0.39, 0.29) is 5.91 Å². The highest BCUT2D eigenvalue weighted by Gasteiger charge is 2.19. The van der Waals surface area contributed by atoms with Gasteiger partial charge in [-0.15, -0.1) is 0 Å². The van der Waals surface area contributed by atoms with E-state index >= 15 is 0 Å². The lowest BCUT2D eigenvalue weighted by molar-refractivity contribution is -0.111. The molecule has 1 amide bonds. The Labute approximate surface area is 193 Å². The second kappa shape index (κ2) is 9.65. The minimum absolute atomic E-state index is 0.197. The van der Waals surface area contributed by atoms with Crippen molar-refractivity contribution in [2.75, 3.05) is 19.0 Å². The minimum Gasteiger partial charge on any atom is -0.496 e. The molecule has 0 bridgehead atoms. The molecule has 4 aromatic rings. The predicted molar refractivity (Wildman–Crippen MR) is 133 cm³/mol. The zero-order valence-electron chi connectivity index (χ0n) is 19.3. The molecule has 0 saturated carbocycles. The van der Waals surface area contributed by atoms with Gasteiger partial charge in [-0.3, -0.25) is 4.79 Å². The van der Waals surface area contributed by atoms with Gasteiger partial charge in [0.15, 0.2) is 0 Å². The van der Waals surface area contributed by atoms with Crippen LogP contribution in [-0.4, -0.2) is 19.6 Å². The summed E-state index contributed by atoms with van der Waals surface area (Å²) in [5.74, 6) is 1.32. The van der Waals surface area contributed by atoms with Crippen molar-refractivity contribution in [1.82, 2.24) is 0 Å². The number of anilines is 1. The zero-order chi connectivity index (χ0) is 23.4. The van der Waals surface area contributed by atoms with E-state index < -0.39 is 0 Å². The van der Waals surface area contributed by atoms with Crippen LogP contribution < -0.4 is 14.8 Å². The molecule has 0 aliphatic rings. The summed E-state index contributed by atoms with van der Waals surface area (Å²) in [6.07, 6.45) is 3.35. The molecule has 0 atom stereocenters. The van der Waals surface area contributed by atoms with Crippen molar-refractivity contribution in [2.24, 2.45) is 0 Å². The Kier molecular flexibility index (Phi) is 6.50. The Morgan fingerprint density at radius 3 is 2.48 bits per heavy atom. The number of ether oxygens (including phenoxy) is 2. The van der Waals surface area contributed by atoms with Gasteiger partial charge in [0.2, 0.25) is 5.91 Å². The van der Waals surface area contributed by atoms with Crippen molar-refractivity contribution in [3.63, 3.8) is 0 Å². The van der Waals surface area contributed by atoms with Crippen LogP contribution >= 0.6 is 0 Å². The topological polar surface area (TPSA) is 60.7 Å². The van der Waals surface area contributed by atoms with Gasteiger partial charge in [0, 0.05) is 33.8 Å². The van der Waals surface area contributed by atoms with Gasteiger partial charge in [0.05, 0.1) is 20.0 Å². The second-order valence-electron chi connectivity index (χ2n) is 7.75. The number of amides is 1. The third-order valence-electron chi connectivity index (χ3n) is 5.54. The molecule has 4 rings (SSSR count). The molecule has 5 nitrogen and oxygen atoms in total. The van der Waals surface area contributed by atoms with Gasteiger partial charge in [-0.05, 0) is 62.2 Å². The molecule has 0 saturated heterocycles. The van der Waals surface area contributed by atoms with Crippen LogP contribution in [0.15, 0.2) is 77.4 Å². The summed E-state index contributed by atoms with van der Waals surface area (Å²) < 4.78 is 17.2. The smallest absolute Gasteiger partial charge is 0.248 e. The standard InChI is InChI=1S/C28H27NO4/c1-5-32-22-13-11-20(12-14-22)25-17-33-28-19(3)27(31-4)23(16-24(25)28)18(2)15-26(30)29-21-9-7-6-8-10-21/h6-17H,5H2,1-4H3,(H,29,30)/b18-15+. The van der Waals surface area contributed by atoms with Crippen LogP contribution in [0.3, 0.4) is 0 Å². The van der Waals surface area contributed by atoms with Gasteiger partial charge in [-0.25, -0.2) is 0 Å². The van der Waals surface area contributed by atoms with Crippen molar-refractivity contribution in [2.45, 2.75) is 20.8 Å². The minimum atomic E-state index is -0.197. The number of carbonyl (C=O) groups excluding carboxylic acids is 1. The Balaban J connectivity index is 1.74. The van der Waals surface area contributed by atoms with Crippen molar-refractivity contribution >= 4 is 28.1 Å². The molecule has 33 heavy (non-hydrogen) atoms. The van der Waals surface area contributed by atoms with Gasteiger partial charge in [-0.2, -0.15) is 0 Å². The maximum Gasteiger partial charge on any atom is 0.248 e. The number of rotatable bonds is 7. The predicted octanol–water partition coefficient (Wildman–Crippen LogP) is 6.86. The number of carbonyl (C=O) groups is 1. The molecule has 0 spiro atoms. The van der Waals surface area contributed by atoms with Gasteiger partial charge >= 0.3 is 0 Å². The first kappa shape index (κ1) is 22.2. The van der Waals surface area contributed by atoms with E-state index in [4.69, 9.17) is 13.9 Å². The van der Waals surface area contributed by atoms with E-state index in [0.29, 0.717) is 12.4 Å². The molecular weight excluding hydrogens is 414 g/mol. The molecule has 0 fully saturated rings. The first-order valence-corrected chi connectivity index (χ1v) is 10.9. The van der Waals surface area contributed by atoms with E-state index in [1.807, 2.05) is 81.4 Å². The molecule has 0 aliphatic carbocycles. The largest absolute Gasteiger partial charge is 0.496 e. The fraction of sp³-hybridized carbons (Fsp3) is 0.179. The first-order chi connectivity index (χ1) is 16.0. The molecule has 0 radical (unpaired) electrons. The normalized spacial score (nSPS) is 11.5. The van der Waals surface area contributed by atoms with E-state index in [9.17, 15) is 4.79 Å². The number of nitrogens with one attached hydrogen (secondary N) is 1. The average Bonchev–Trinajstić information content (AvgIpc) is 3.24. The number of aryl methyl sites for hydroxylation is 1. The Morgan fingerprint density at radius 1 is 1.09 bits per heavy atom. The molecule has 1 N–H and O–H groups in total. The third-order valence-corrected chi connectivity index (χ3v) is 5.54. The number of methoxy groups -OCH3 is 1. The molecule has 1 aromatic heterocycles. The highest BCUT2D eigenvalue weighted by Crippen LogP contribution is 2.40. The number of fused-ring (bicyclic) bond motifs is 1. The molecule has 3 aromatic carbocycles. The summed E-state index contributed by atoms with van der Waals surface area (Å²) >= 11 is 0. The Morgan fingerprint density at radius 2 is 1.82 bits per heavy atom. The number of hydrogen-bond acceptors (Lipinski definition) is 4. The van der Waals surface area contributed by atoms with Gasteiger partial charge < -0.3 is 19.2 Å². The highest BCUT2D eigenvalue weighted by molar-refractivity contribution is 6.06. The summed E-state index contributed by atoms with van der Waals surface area (Å²) in [7, 11) is 1.63. The van der Waals surface area contributed by atoms with Crippen LogP contribution in [0.1, 0.15) is 25.0 Å². The maximum absolute atomic E-state index is 12.6. The van der Waals surface area contributed by atoms with Gasteiger partial charge in [0.25, 0.3) is 0 Å². The van der Waals surface area contributed by atoms with Crippen LogP contribution in [-0.2, 0) is 4.79 Å². The molecule has 1 heterocycles. The van der Waals surface area contributed by atoms with Crippen molar-refractivity contribution in [1.29, 1.82) is 0 Å². The van der Waals surface area contributed by atoms with E-state index in [2.05, 4.69) is 5.32 Å². The third kappa shape index (κ3) is 4.62. The molecule has 168 valence electrons. The Hall–Kier alpha value is -3.99. The van der Waals surface area contributed by atoms with Crippen molar-refractivity contribution in [3.8, 4) is 22.6 Å². The summed E-state index contributed by atoms with van der Waals surface area (Å²) in [6, 6.07) is 19.3. The lowest BCUT2D eigenvalue weighted by Gasteiger charge is -2.13. The quantitative estimate of drug-likeness (QED) is 0.318. The van der Waals surface area contributed by atoms with Gasteiger partial charge in [0.1, 0.15) is 17.1 Å². The number of furan rings is 1. The maximum atomic E-state index is 12.6. The SMILES string of the molecule is CCOc1ccc(-c2coc3c(C)c(OC)c(/C(C)=C/C(=O)Nc4ccccc4)cc23)cc1. The van der Waals surface area contributed by atoms with Crippen LogP contribution in [0, 0.1) is 6.92 Å². The first-order valence-electron chi connectivity index (χ1n) is 10.9. The van der Waals surface area contributed by atoms with Crippen LogP contribution in [0.5, 0.6) is 11.5 Å². The number of para-hydroxylation sites is 1. The summed E-state index contributed by atoms with van der Waals surface area (Å²) in [6.45, 7) is 6.46. The molecule has 0 unspecified atom stereocenters. The van der Waals surface area contributed by atoms with Crippen LogP contribution in [0.2, 0.25) is 0 Å². The monoisotopic (exact) mass is 441 g/mol. The zero-order valence-corrected chi connectivity index (χ0v) is 19.3. The molecule has 5 heteroatoms. The summed E-state index contributed by atoms with van der Waals surface area (Å²) in [4.78, 5) is 12.6. The molecular formula is C28H27NO4. The second-order valence-corrected chi connectivity index (χ2v) is 7.75. The average molecular weight is 442 g/mol. The number of benzene rings is 3. The Bertz CT molecular complexity index is 1300. The molecule has 0 aliphatic heterocycles. The summed E-state index contributed by atoms with van der Waals surface area (Å²) in [5, 5.41) is 3.85. The van der Waals surface area contributed by atoms with Crippen molar-refractivity contribution < 1.29 is 18.7 Å². The number of allylic oxidation sites excluding steroid dienone is 1. The lowest BCUT2D eigenvalue weighted by atomic mass is 9.96. The fourth-order valence-electron chi connectivity index (χ4n) is 3.97. The van der Waals surface area contributed by atoms with Crippen LogP contribution in [0.4, 0.5) is 5.69 Å². The number of hydrogen-bond donors (Lipinski definition) is 1. The van der Waals surface area contributed by atoms with Crippen LogP contribution in [0.25, 0.3) is 27.7 Å². The van der Waals surface area contributed by atoms with E-state index in [1.54, 1.807) is 19.4 Å². The van der Waals surface area contributed by atoms with Gasteiger partial charge in [-0.1, -0.05) is 30.3 Å². The van der Waals surface area contributed by atoms with E-state index in [0.717, 1.165) is 50.2 Å². The lowest BCUT2D eigenvalue weighted by Crippen LogP contribution is -2.08. The summed E-state index contributed by atoms with van der Waals surface area (Å²) in [5.41, 5.74) is 6.04.